The van der Waals surface area contributed by atoms with E-state index in [0.717, 1.165) is 37.3 Å². The van der Waals surface area contributed by atoms with E-state index >= 15 is 0 Å². The first-order chi connectivity index (χ1) is 9.70. The molecule has 118 valence electrons. The van der Waals surface area contributed by atoms with Gasteiger partial charge in [-0.2, -0.15) is 0 Å². The van der Waals surface area contributed by atoms with E-state index < -0.39 is 0 Å². The Morgan fingerprint density at radius 2 is 1.40 bits per heavy atom. The first-order valence-corrected chi connectivity index (χ1v) is 9.97. The number of amides is 2. The van der Waals surface area contributed by atoms with E-state index in [0.29, 0.717) is 6.54 Å². The molecule has 0 aromatic rings. The number of hydrogen-bond donors (Lipinski definition) is 2. The van der Waals surface area contributed by atoms with Crippen LogP contribution in [0.3, 0.4) is 0 Å². The zero-order valence-corrected chi connectivity index (χ0v) is 14.3. The van der Waals surface area contributed by atoms with Crippen LogP contribution in [0.2, 0.25) is 0 Å². The molecule has 0 aliphatic rings. The van der Waals surface area contributed by atoms with Gasteiger partial charge in [0.1, 0.15) is 0 Å². The van der Waals surface area contributed by atoms with Gasteiger partial charge in [-0.3, -0.25) is 9.59 Å². The molecule has 20 heavy (non-hydrogen) atoms. The highest BCUT2D eigenvalue weighted by atomic mass is 33.1. The van der Waals surface area contributed by atoms with Crippen LogP contribution in [-0.4, -0.2) is 36.4 Å². The quantitative estimate of drug-likeness (QED) is 0.405. The van der Waals surface area contributed by atoms with Crippen LogP contribution >= 0.6 is 21.6 Å². The van der Waals surface area contributed by atoms with Crippen LogP contribution in [0.1, 0.15) is 52.4 Å². The molecule has 0 aromatic heterocycles. The minimum Gasteiger partial charge on any atom is -0.356 e. The Hall–Kier alpha value is -0.360. The summed E-state index contributed by atoms with van der Waals surface area (Å²) >= 11 is 0. The normalized spacial score (nSPS) is 10.3. The molecule has 2 N–H and O–H groups in total. The molecule has 0 aliphatic carbocycles. The molecule has 0 heterocycles. The summed E-state index contributed by atoms with van der Waals surface area (Å²) in [5, 5.41) is 5.68. The summed E-state index contributed by atoms with van der Waals surface area (Å²) in [6.45, 7) is 5.69. The molecule has 0 atom stereocenters. The van der Waals surface area contributed by atoms with Crippen molar-refractivity contribution < 1.29 is 9.59 Å². The van der Waals surface area contributed by atoms with E-state index in [-0.39, 0.29) is 24.7 Å². The maximum atomic E-state index is 11.5. The fourth-order valence-corrected chi connectivity index (χ4v) is 3.48. The van der Waals surface area contributed by atoms with Crippen molar-refractivity contribution in [3.8, 4) is 0 Å². The van der Waals surface area contributed by atoms with Crippen LogP contribution < -0.4 is 10.6 Å². The Balaban J connectivity index is 3.36. The molecule has 0 aromatic carbocycles. The number of nitrogens with one attached hydrogen (secondary N) is 2. The van der Waals surface area contributed by atoms with Gasteiger partial charge in [-0.05, 0) is 12.8 Å². The maximum Gasteiger partial charge on any atom is 0.220 e. The first kappa shape index (κ1) is 19.6. The number of rotatable bonds is 13. The number of carbonyl (C=O) groups excluding carboxylic acids is 2. The van der Waals surface area contributed by atoms with Crippen molar-refractivity contribution in [3.63, 3.8) is 0 Å². The predicted octanol–water partition coefficient (Wildman–Crippen LogP) is 2.98. The molecular formula is C14H28N2O2S2. The van der Waals surface area contributed by atoms with E-state index in [1.807, 2.05) is 10.8 Å². The Bertz CT molecular complexity index is 264. The third-order valence-electron chi connectivity index (χ3n) is 2.56. The largest absolute Gasteiger partial charge is 0.356 e. The lowest BCUT2D eigenvalue weighted by Crippen LogP contribution is -2.29. The Kier molecular flexibility index (Phi) is 14.8. The predicted molar refractivity (Wildman–Crippen MR) is 90.0 cm³/mol. The standard InChI is InChI=1S/C14H28N2O2S2/c1-3-5-6-9-15-13(17)7-8-14(18)16-10-12-20-19-11-4-2/h3-12H2,1-2H3,(H,15,17)(H,16,18). The van der Waals surface area contributed by atoms with Crippen molar-refractivity contribution in [2.24, 2.45) is 0 Å². The van der Waals surface area contributed by atoms with E-state index in [1.54, 1.807) is 10.8 Å². The van der Waals surface area contributed by atoms with Crippen molar-refractivity contribution in [2.45, 2.75) is 52.4 Å². The summed E-state index contributed by atoms with van der Waals surface area (Å²) < 4.78 is 0. The highest BCUT2D eigenvalue weighted by molar-refractivity contribution is 8.76. The molecule has 0 rings (SSSR count). The number of carbonyl (C=O) groups is 2. The third kappa shape index (κ3) is 14.1. The molecule has 0 spiro atoms. The highest BCUT2D eigenvalue weighted by Crippen LogP contribution is 2.20. The summed E-state index contributed by atoms with van der Waals surface area (Å²) in [7, 11) is 3.62. The zero-order valence-electron chi connectivity index (χ0n) is 12.7. The minimum absolute atomic E-state index is 0.0240. The van der Waals surface area contributed by atoms with Crippen molar-refractivity contribution in [1.82, 2.24) is 10.6 Å². The Labute approximate surface area is 131 Å². The molecule has 0 radical (unpaired) electrons. The monoisotopic (exact) mass is 320 g/mol. The second-order valence-electron chi connectivity index (χ2n) is 4.55. The van der Waals surface area contributed by atoms with Crippen molar-refractivity contribution in [1.29, 1.82) is 0 Å². The van der Waals surface area contributed by atoms with Crippen LogP contribution in [-0.2, 0) is 9.59 Å². The fraction of sp³-hybridized carbons (Fsp3) is 0.857. The van der Waals surface area contributed by atoms with Crippen LogP contribution in [0.25, 0.3) is 0 Å². The lowest BCUT2D eigenvalue weighted by Gasteiger charge is -2.06. The molecule has 0 bridgehead atoms. The van der Waals surface area contributed by atoms with Gasteiger partial charge >= 0.3 is 0 Å². The van der Waals surface area contributed by atoms with Gasteiger partial charge in [-0.15, -0.1) is 0 Å². The highest BCUT2D eigenvalue weighted by Gasteiger charge is 2.05. The molecular weight excluding hydrogens is 292 g/mol. The SMILES string of the molecule is CCCCCNC(=O)CCC(=O)NCCSSCCC. The summed E-state index contributed by atoms with van der Waals surface area (Å²) in [5.41, 5.74) is 0. The van der Waals surface area contributed by atoms with E-state index in [9.17, 15) is 9.59 Å². The average Bonchev–Trinajstić information content (AvgIpc) is 2.45. The topological polar surface area (TPSA) is 58.2 Å². The lowest BCUT2D eigenvalue weighted by molar-refractivity contribution is -0.126. The van der Waals surface area contributed by atoms with Crippen molar-refractivity contribution in [3.05, 3.63) is 0 Å². The zero-order chi connectivity index (χ0) is 15.1. The average molecular weight is 321 g/mol. The summed E-state index contributed by atoms with van der Waals surface area (Å²) in [5.74, 6) is 2.01. The minimum atomic E-state index is -0.0326. The Morgan fingerprint density at radius 3 is 2.00 bits per heavy atom. The molecule has 4 nitrogen and oxygen atoms in total. The first-order valence-electron chi connectivity index (χ1n) is 7.48. The van der Waals surface area contributed by atoms with E-state index in [1.165, 1.54) is 6.42 Å². The molecule has 2 amide bonds. The smallest absolute Gasteiger partial charge is 0.220 e. The fourth-order valence-electron chi connectivity index (χ4n) is 1.44. The van der Waals surface area contributed by atoms with E-state index in [2.05, 4.69) is 24.5 Å². The molecule has 0 saturated heterocycles. The molecule has 0 saturated carbocycles. The van der Waals surface area contributed by atoms with Gasteiger partial charge in [0.2, 0.25) is 11.8 Å². The number of hydrogen-bond acceptors (Lipinski definition) is 4. The summed E-state index contributed by atoms with van der Waals surface area (Å²) in [6.07, 6.45) is 5.04. The molecule has 6 heteroatoms. The van der Waals surface area contributed by atoms with Crippen LogP contribution in [0, 0.1) is 0 Å². The van der Waals surface area contributed by atoms with Gasteiger partial charge in [-0.25, -0.2) is 0 Å². The third-order valence-corrected chi connectivity index (χ3v) is 5.17. The van der Waals surface area contributed by atoms with Gasteiger partial charge in [0, 0.05) is 37.4 Å². The van der Waals surface area contributed by atoms with Crippen LogP contribution in [0.5, 0.6) is 0 Å². The van der Waals surface area contributed by atoms with Gasteiger partial charge in [0.05, 0.1) is 0 Å². The number of unbranched alkanes of at least 4 members (excludes halogenated alkanes) is 2. The molecule has 0 unspecified atom stereocenters. The van der Waals surface area contributed by atoms with E-state index in [4.69, 9.17) is 0 Å². The van der Waals surface area contributed by atoms with Gasteiger partial charge in [-0.1, -0.05) is 48.3 Å². The van der Waals surface area contributed by atoms with Crippen molar-refractivity contribution in [2.75, 3.05) is 24.6 Å². The second-order valence-corrected chi connectivity index (χ2v) is 7.25. The van der Waals surface area contributed by atoms with Crippen LogP contribution in [0.15, 0.2) is 0 Å². The summed E-state index contributed by atoms with van der Waals surface area (Å²) in [6, 6.07) is 0. The lowest BCUT2D eigenvalue weighted by atomic mass is 10.2. The van der Waals surface area contributed by atoms with Gasteiger partial charge in [0.15, 0.2) is 0 Å². The van der Waals surface area contributed by atoms with Crippen LogP contribution in [0.4, 0.5) is 0 Å². The van der Waals surface area contributed by atoms with Gasteiger partial charge in [0.25, 0.3) is 0 Å². The second kappa shape index (κ2) is 15.0. The Morgan fingerprint density at radius 1 is 0.800 bits per heavy atom. The van der Waals surface area contributed by atoms with Crippen molar-refractivity contribution >= 4 is 33.4 Å². The summed E-state index contributed by atoms with van der Waals surface area (Å²) in [4.78, 5) is 23.0. The maximum absolute atomic E-state index is 11.5. The molecule has 0 aliphatic heterocycles. The molecule has 0 fully saturated rings. The van der Waals surface area contributed by atoms with Gasteiger partial charge < -0.3 is 10.6 Å².